The molecule has 2 heteroatoms. The molecule has 0 N–H and O–H groups in total. The Hall–Kier alpha value is 0.310. The Bertz CT molecular complexity index is 123. The fraction of sp³-hybridized carbons (Fsp3) is 1.00. The Morgan fingerprint density at radius 3 is 2.38 bits per heavy atom. The third-order valence-corrected chi connectivity index (χ3v) is 2.91. The average Bonchev–Trinajstić information content (AvgIpc) is 2.05. The van der Waals surface area contributed by atoms with Crippen molar-refractivity contribution in [1.82, 2.24) is 0 Å². The molecule has 0 aliphatic carbocycles. The van der Waals surface area contributed by atoms with Crippen LogP contribution in [0.15, 0.2) is 0 Å². The van der Waals surface area contributed by atoms with Gasteiger partial charge in [-0.15, -0.1) is 0 Å². The number of thiol groups is 1. The largest absolute Gasteiger partial charge is 0.379 e. The summed E-state index contributed by atoms with van der Waals surface area (Å²) in [6, 6.07) is 0. The van der Waals surface area contributed by atoms with Crippen LogP contribution in [0.25, 0.3) is 0 Å². The van der Waals surface area contributed by atoms with Gasteiger partial charge in [0, 0.05) is 7.11 Å². The Labute approximate surface area is 88.7 Å². The maximum Gasteiger partial charge on any atom is 0.0622 e. The first kappa shape index (κ1) is 13.3. The van der Waals surface area contributed by atoms with Crippen LogP contribution in [0.3, 0.4) is 0 Å². The van der Waals surface area contributed by atoms with E-state index in [1.807, 2.05) is 0 Å². The van der Waals surface area contributed by atoms with Crippen molar-refractivity contribution in [3.8, 4) is 0 Å². The predicted octanol–water partition coefficient (Wildman–Crippen LogP) is 3.54. The van der Waals surface area contributed by atoms with Gasteiger partial charge in [0.05, 0.1) is 5.60 Å². The molecule has 0 fully saturated rings. The van der Waals surface area contributed by atoms with Crippen LogP contribution in [0.4, 0.5) is 0 Å². The minimum Gasteiger partial charge on any atom is -0.379 e. The zero-order chi connectivity index (χ0) is 10.3. The first-order chi connectivity index (χ1) is 6.02. The average molecular weight is 204 g/mol. The van der Waals surface area contributed by atoms with Crippen LogP contribution < -0.4 is 0 Å². The van der Waals surface area contributed by atoms with E-state index in [9.17, 15) is 0 Å². The Morgan fingerprint density at radius 2 is 1.92 bits per heavy atom. The summed E-state index contributed by atoms with van der Waals surface area (Å²) in [6.45, 7) is 6.60. The summed E-state index contributed by atoms with van der Waals surface area (Å²) in [4.78, 5) is 0. The van der Waals surface area contributed by atoms with Crippen molar-refractivity contribution >= 4 is 12.6 Å². The van der Waals surface area contributed by atoms with Gasteiger partial charge in [-0.05, 0) is 38.4 Å². The van der Waals surface area contributed by atoms with E-state index in [4.69, 9.17) is 4.74 Å². The summed E-state index contributed by atoms with van der Waals surface area (Å²) in [5, 5.41) is 0. The summed E-state index contributed by atoms with van der Waals surface area (Å²) in [5.41, 5.74) is 0.0562. The molecule has 13 heavy (non-hydrogen) atoms. The van der Waals surface area contributed by atoms with Crippen molar-refractivity contribution < 1.29 is 4.74 Å². The van der Waals surface area contributed by atoms with E-state index >= 15 is 0 Å². The summed E-state index contributed by atoms with van der Waals surface area (Å²) in [5.74, 6) is 1.82. The van der Waals surface area contributed by atoms with Gasteiger partial charge in [-0.2, -0.15) is 12.6 Å². The molecule has 0 saturated heterocycles. The van der Waals surface area contributed by atoms with Crippen molar-refractivity contribution in [2.75, 3.05) is 12.9 Å². The fourth-order valence-electron chi connectivity index (χ4n) is 1.34. The molecule has 0 radical (unpaired) electrons. The van der Waals surface area contributed by atoms with Gasteiger partial charge in [0.2, 0.25) is 0 Å². The van der Waals surface area contributed by atoms with Crippen molar-refractivity contribution in [3.05, 3.63) is 0 Å². The Kier molecular flexibility index (Phi) is 6.88. The first-order valence-electron chi connectivity index (χ1n) is 5.18. The second-order valence-corrected chi connectivity index (χ2v) is 4.92. The number of ether oxygens (including phenoxy) is 1. The van der Waals surface area contributed by atoms with Crippen molar-refractivity contribution in [2.24, 2.45) is 5.92 Å². The van der Waals surface area contributed by atoms with Gasteiger partial charge in [0.15, 0.2) is 0 Å². The van der Waals surface area contributed by atoms with Crippen LogP contribution in [-0.4, -0.2) is 18.5 Å². The smallest absolute Gasteiger partial charge is 0.0622 e. The highest BCUT2D eigenvalue weighted by molar-refractivity contribution is 7.80. The number of rotatable bonds is 7. The molecule has 0 aromatic heterocycles. The van der Waals surface area contributed by atoms with Crippen LogP contribution in [-0.2, 0) is 4.74 Å². The molecular formula is C11H24OS. The van der Waals surface area contributed by atoms with Gasteiger partial charge in [0.25, 0.3) is 0 Å². The Morgan fingerprint density at radius 1 is 1.31 bits per heavy atom. The van der Waals surface area contributed by atoms with E-state index in [0.717, 1.165) is 18.1 Å². The van der Waals surface area contributed by atoms with Gasteiger partial charge in [0.1, 0.15) is 0 Å². The molecule has 0 aromatic rings. The van der Waals surface area contributed by atoms with Crippen LogP contribution in [0.5, 0.6) is 0 Å². The van der Waals surface area contributed by atoms with Gasteiger partial charge >= 0.3 is 0 Å². The fourth-order valence-corrected chi connectivity index (χ4v) is 1.78. The molecule has 80 valence electrons. The normalized spacial score (nSPS) is 14.5. The lowest BCUT2D eigenvalue weighted by atomic mass is 9.95. The lowest BCUT2D eigenvalue weighted by molar-refractivity contribution is 0.0127. The molecule has 0 aliphatic heterocycles. The molecule has 0 amide bonds. The van der Waals surface area contributed by atoms with E-state index in [-0.39, 0.29) is 5.60 Å². The number of hydrogen-bond donors (Lipinski definition) is 1. The summed E-state index contributed by atoms with van der Waals surface area (Å²) < 4.78 is 5.36. The highest BCUT2D eigenvalue weighted by Gasteiger charge is 2.15. The van der Waals surface area contributed by atoms with Gasteiger partial charge in [-0.3, -0.25) is 0 Å². The quantitative estimate of drug-likeness (QED) is 0.624. The van der Waals surface area contributed by atoms with Gasteiger partial charge in [-0.25, -0.2) is 0 Å². The third-order valence-electron chi connectivity index (χ3n) is 2.65. The third kappa shape index (κ3) is 7.39. The lowest BCUT2D eigenvalue weighted by Gasteiger charge is -2.23. The van der Waals surface area contributed by atoms with E-state index in [2.05, 4.69) is 33.4 Å². The van der Waals surface area contributed by atoms with Crippen molar-refractivity contribution in [3.63, 3.8) is 0 Å². The van der Waals surface area contributed by atoms with E-state index in [0.29, 0.717) is 0 Å². The maximum atomic E-state index is 5.36. The highest BCUT2D eigenvalue weighted by Crippen LogP contribution is 2.20. The molecule has 1 atom stereocenters. The second-order valence-electron chi connectivity index (χ2n) is 4.47. The highest BCUT2D eigenvalue weighted by atomic mass is 32.1. The van der Waals surface area contributed by atoms with Crippen LogP contribution in [0, 0.1) is 5.92 Å². The molecule has 1 unspecified atom stereocenters. The molecular weight excluding hydrogens is 180 g/mol. The maximum absolute atomic E-state index is 5.36. The number of methoxy groups -OCH3 is 1. The zero-order valence-electron chi connectivity index (χ0n) is 9.47. The van der Waals surface area contributed by atoms with Crippen molar-refractivity contribution in [2.45, 2.75) is 52.1 Å². The molecule has 0 spiro atoms. The molecule has 0 saturated carbocycles. The van der Waals surface area contributed by atoms with E-state index in [1.54, 1.807) is 7.11 Å². The topological polar surface area (TPSA) is 9.23 Å². The SMILES string of the molecule is COC(C)(C)CCCC(C)CCS. The molecule has 0 aromatic carbocycles. The zero-order valence-corrected chi connectivity index (χ0v) is 10.4. The minimum atomic E-state index is 0.0562. The summed E-state index contributed by atoms with van der Waals surface area (Å²) >= 11 is 4.23. The second kappa shape index (κ2) is 6.72. The molecule has 0 bridgehead atoms. The Balaban J connectivity index is 3.44. The molecule has 0 aliphatic rings. The summed E-state index contributed by atoms with van der Waals surface area (Å²) in [7, 11) is 1.79. The van der Waals surface area contributed by atoms with Gasteiger partial charge in [-0.1, -0.05) is 19.8 Å². The molecule has 0 rings (SSSR count). The minimum absolute atomic E-state index is 0.0562. The summed E-state index contributed by atoms with van der Waals surface area (Å²) in [6.07, 6.45) is 4.94. The molecule has 0 heterocycles. The van der Waals surface area contributed by atoms with Crippen molar-refractivity contribution in [1.29, 1.82) is 0 Å². The number of hydrogen-bond acceptors (Lipinski definition) is 2. The lowest BCUT2D eigenvalue weighted by Crippen LogP contribution is -2.22. The van der Waals surface area contributed by atoms with E-state index in [1.165, 1.54) is 19.3 Å². The van der Waals surface area contributed by atoms with Gasteiger partial charge < -0.3 is 4.74 Å². The van der Waals surface area contributed by atoms with Crippen LogP contribution in [0.1, 0.15) is 46.5 Å². The van der Waals surface area contributed by atoms with Crippen LogP contribution >= 0.6 is 12.6 Å². The standard InChI is InChI=1S/C11H24OS/c1-10(7-9-13)6-5-8-11(2,3)12-4/h10,13H,5-9H2,1-4H3. The van der Waals surface area contributed by atoms with E-state index < -0.39 is 0 Å². The first-order valence-corrected chi connectivity index (χ1v) is 5.81. The molecule has 1 nitrogen and oxygen atoms in total. The van der Waals surface area contributed by atoms with Crippen LogP contribution in [0.2, 0.25) is 0 Å². The predicted molar refractivity (Wildman–Crippen MR) is 62.6 cm³/mol. The monoisotopic (exact) mass is 204 g/mol.